The summed E-state index contributed by atoms with van der Waals surface area (Å²) in [5.41, 5.74) is 1.58. The Kier molecular flexibility index (Phi) is 3.41. The van der Waals surface area contributed by atoms with Gasteiger partial charge < -0.3 is 5.11 Å². The number of para-hydroxylation sites is 1. The van der Waals surface area contributed by atoms with Crippen molar-refractivity contribution in [2.45, 2.75) is 26.2 Å². The maximum Gasteiger partial charge on any atom is 0.303 e. The lowest BCUT2D eigenvalue weighted by atomic mass is 10.2. The smallest absolute Gasteiger partial charge is 0.303 e. The van der Waals surface area contributed by atoms with Gasteiger partial charge >= 0.3 is 5.97 Å². The molecule has 94 valence electrons. The van der Waals surface area contributed by atoms with Crippen LogP contribution in [0.5, 0.6) is 0 Å². The molecular formula is C13H14N2O3. The van der Waals surface area contributed by atoms with E-state index in [9.17, 15) is 9.59 Å². The highest BCUT2D eigenvalue weighted by molar-refractivity contribution is 5.92. The van der Waals surface area contributed by atoms with Crippen molar-refractivity contribution in [1.29, 1.82) is 0 Å². The number of aliphatic carboxylic acids is 1. The van der Waals surface area contributed by atoms with Crippen molar-refractivity contribution in [3.05, 3.63) is 30.0 Å². The van der Waals surface area contributed by atoms with E-state index in [1.807, 2.05) is 31.2 Å². The number of hydrogen-bond acceptors (Lipinski definition) is 3. The van der Waals surface area contributed by atoms with E-state index >= 15 is 0 Å². The molecule has 0 atom stereocenters. The fraction of sp³-hybridized carbons (Fsp3) is 0.308. The predicted molar refractivity (Wildman–Crippen MR) is 66.6 cm³/mol. The predicted octanol–water partition coefficient (Wildman–Crippen LogP) is 2.24. The van der Waals surface area contributed by atoms with Crippen LogP contribution in [0.2, 0.25) is 0 Å². The largest absolute Gasteiger partial charge is 0.481 e. The van der Waals surface area contributed by atoms with Gasteiger partial charge in [-0.05, 0) is 19.4 Å². The molecule has 0 bridgehead atoms. The third kappa shape index (κ3) is 2.40. The lowest BCUT2D eigenvalue weighted by molar-refractivity contribution is -0.137. The molecule has 0 saturated heterocycles. The van der Waals surface area contributed by atoms with Gasteiger partial charge in [0, 0.05) is 18.2 Å². The fourth-order valence-electron chi connectivity index (χ4n) is 1.91. The first kappa shape index (κ1) is 12.3. The normalized spacial score (nSPS) is 10.7. The van der Waals surface area contributed by atoms with Gasteiger partial charge in [0.1, 0.15) is 0 Å². The Morgan fingerprint density at radius 3 is 2.72 bits per heavy atom. The summed E-state index contributed by atoms with van der Waals surface area (Å²) in [5.74, 6) is -1.05. The maximum absolute atomic E-state index is 12.0. The van der Waals surface area contributed by atoms with Crippen molar-refractivity contribution in [2.24, 2.45) is 0 Å². The lowest BCUT2D eigenvalue weighted by Gasteiger charge is -2.01. The second-order valence-electron chi connectivity index (χ2n) is 4.16. The van der Waals surface area contributed by atoms with Crippen LogP contribution in [0.15, 0.2) is 24.3 Å². The minimum atomic E-state index is -0.885. The van der Waals surface area contributed by atoms with E-state index < -0.39 is 5.97 Å². The molecule has 5 nitrogen and oxygen atoms in total. The minimum Gasteiger partial charge on any atom is -0.481 e. The monoisotopic (exact) mass is 246 g/mol. The quantitative estimate of drug-likeness (QED) is 0.897. The zero-order valence-corrected chi connectivity index (χ0v) is 10.1. The molecule has 1 aromatic heterocycles. The van der Waals surface area contributed by atoms with Crippen LogP contribution in [0.3, 0.4) is 0 Å². The summed E-state index contributed by atoms with van der Waals surface area (Å²) in [6, 6.07) is 7.50. The molecule has 0 aliphatic rings. The molecule has 0 unspecified atom stereocenters. The van der Waals surface area contributed by atoms with Crippen LogP contribution in [0.4, 0.5) is 0 Å². The van der Waals surface area contributed by atoms with Crippen LogP contribution < -0.4 is 0 Å². The van der Waals surface area contributed by atoms with Crippen LogP contribution in [-0.4, -0.2) is 26.8 Å². The molecule has 1 N–H and O–H groups in total. The highest BCUT2D eigenvalue weighted by atomic mass is 16.4. The first-order chi connectivity index (χ1) is 8.59. The van der Waals surface area contributed by atoms with Gasteiger partial charge in [-0.2, -0.15) is 9.78 Å². The molecule has 0 aliphatic heterocycles. The zero-order valence-electron chi connectivity index (χ0n) is 10.1. The van der Waals surface area contributed by atoms with Crippen LogP contribution >= 0.6 is 0 Å². The molecule has 0 aliphatic carbocycles. The van der Waals surface area contributed by atoms with Gasteiger partial charge in [-0.25, -0.2) is 0 Å². The average molecular weight is 246 g/mol. The Bertz CT molecular complexity index is 601. The number of hydrogen-bond donors (Lipinski definition) is 1. The Balaban J connectivity index is 2.20. The van der Waals surface area contributed by atoms with E-state index in [-0.39, 0.29) is 18.7 Å². The van der Waals surface area contributed by atoms with Gasteiger partial charge in [0.2, 0.25) is 5.91 Å². The first-order valence-corrected chi connectivity index (χ1v) is 5.79. The van der Waals surface area contributed by atoms with E-state index in [1.54, 1.807) is 0 Å². The van der Waals surface area contributed by atoms with Crippen LogP contribution in [0.25, 0.3) is 10.9 Å². The van der Waals surface area contributed by atoms with E-state index in [4.69, 9.17) is 5.11 Å². The molecule has 0 amide bonds. The number of benzene rings is 1. The highest BCUT2D eigenvalue weighted by Crippen LogP contribution is 2.18. The molecule has 18 heavy (non-hydrogen) atoms. The third-order valence-electron chi connectivity index (χ3n) is 2.79. The minimum absolute atomic E-state index is 0.00389. The van der Waals surface area contributed by atoms with Gasteiger partial charge in [-0.15, -0.1) is 0 Å². The topological polar surface area (TPSA) is 72.2 Å². The molecule has 1 aromatic carbocycles. The standard InChI is InChI=1S/C13H14N2O3/c1-9-10-5-2-3-6-11(10)15(14-9)12(16)7-4-8-13(17)18/h2-3,5-6H,4,7-8H2,1H3,(H,17,18). The first-order valence-electron chi connectivity index (χ1n) is 5.79. The van der Waals surface area contributed by atoms with Crippen molar-refractivity contribution >= 4 is 22.8 Å². The number of aryl methyl sites for hydroxylation is 1. The van der Waals surface area contributed by atoms with E-state index in [2.05, 4.69) is 5.10 Å². The third-order valence-corrected chi connectivity index (χ3v) is 2.79. The Morgan fingerprint density at radius 1 is 1.28 bits per heavy atom. The number of fused-ring (bicyclic) bond motifs is 1. The Labute approximate surface area is 104 Å². The van der Waals surface area contributed by atoms with Crippen molar-refractivity contribution in [1.82, 2.24) is 9.78 Å². The fourth-order valence-corrected chi connectivity index (χ4v) is 1.91. The lowest BCUT2D eigenvalue weighted by Crippen LogP contribution is -2.12. The molecule has 2 aromatic rings. The van der Waals surface area contributed by atoms with Crippen LogP contribution in [0, 0.1) is 6.92 Å². The number of carbonyl (C=O) groups excluding carboxylic acids is 1. The molecule has 1 heterocycles. The van der Waals surface area contributed by atoms with Crippen molar-refractivity contribution in [3.63, 3.8) is 0 Å². The number of aromatic nitrogens is 2. The highest BCUT2D eigenvalue weighted by Gasteiger charge is 2.13. The summed E-state index contributed by atoms with van der Waals surface area (Å²) in [7, 11) is 0. The van der Waals surface area contributed by atoms with E-state index in [1.165, 1.54) is 4.68 Å². The second-order valence-corrected chi connectivity index (χ2v) is 4.16. The van der Waals surface area contributed by atoms with E-state index in [0.717, 1.165) is 16.6 Å². The number of carboxylic acids is 1. The van der Waals surface area contributed by atoms with Crippen molar-refractivity contribution in [3.8, 4) is 0 Å². The van der Waals surface area contributed by atoms with Gasteiger partial charge in [0.15, 0.2) is 0 Å². The molecule has 0 fully saturated rings. The average Bonchev–Trinajstić information content (AvgIpc) is 2.67. The number of nitrogens with zero attached hydrogens (tertiary/aromatic N) is 2. The zero-order chi connectivity index (χ0) is 13.1. The SMILES string of the molecule is Cc1nn(C(=O)CCCC(=O)O)c2ccccc12. The summed E-state index contributed by atoms with van der Waals surface area (Å²) >= 11 is 0. The molecule has 0 saturated carbocycles. The molecule has 0 radical (unpaired) electrons. The van der Waals surface area contributed by atoms with Crippen LogP contribution in [-0.2, 0) is 4.79 Å². The maximum atomic E-state index is 12.0. The number of rotatable bonds is 4. The summed E-state index contributed by atoms with van der Waals surface area (Å²) in [4.78, 5) is 22.4. The summed E-state index contributed by atoms with van der Waals surface area (Å²) < 4.78 is 1.37. The van der Waals surface area contributed by atoms with Crippen LogP contribution in [0.1, 0.15) is 29.8 Å². The molecular weight excluding hydrogens is 232 g/mol. The number of carboxylic acid groups (broad SMARTS) is 1. The van der Waals surface area contributed by atoms with Gasteiger partial charge in [0.25, 0.3) is 0 Å². The van der Waals surface area contributed by atoms with Crippen molar-refractivity contribution < 1.29 is 14.7 Å². The molecule has 0 spiro atoms. The van der Waals surface area contributed by atoms with Gasteiger partial charge in [-0.1, -0.05) is 18.2 Å². The molecule has 5 heteroatoms. The van der Waals surface area contributed by atoms with E-state index in [0.29, 0.717) is 6.42 Å². The molecule has 2 rings (SSSR count). The van der Waals surface area contributed by atoms with Crippen molar-refractivity contribution in [2.75, 3.05) is 0 Å². The number of carbonyl (C=O) groups is 2. The summed E-state index contributed by atoms with van der Waals surface area (Å²) in [6.07, 6.45) is 0.530. The van der Waals surface area contributed by atoms with Gasteiger partial charge in [0.05, 0.1) is 11.2 Å². The van der Waals surface area contributed by atoms with Gasteiger partial charge in [-0.3, -0.25) is 9.59 Å². The Hall–Kier alpha value is -2.17. The Morgan fingerprint density at radius 2 is 2.00 bits per heavy atom. The summed E-state index contributed by atoms with van der Waals surface area (Å²) in [6.45, 7) is 1.85. The summed E-state index contributed by atoms with van der Waals surface area (Å²) in [5, 5.41) is 13.7. The second kappa shape index (κ2) is 5.00.